The fourth-order valence-corrected chi connectivity index (χ4v) is 2.34. The highest BCUT2D eigenvalue weighted by atomic mass is 79.9. The van der Waals surface area contributed by atoms with Crippen LogP contribution in [0.25, 0.3) is 0 Å². The summed E-state index contributed by atoms with van der Waals surface area (Å²) in [6.45, 7) is 0.794. The molecule has 0 unspecified atom stereocenters. The van der Waals surface area contributed by atoms with Gasteiger partial charge >= 0.3 is 0 Å². The highest BCUT2D eigenvalue weighted by Gasteiger charge is 2.06. The highest BCUT2D eigenvalue weighted by Crippen LogP contribution is 2.25. The maximum absolute atomic E-state index is 8.96. The van der Waals surface area contributed by atoms with Crippen LogP contribution in [-0.2, 0) is 13.2 Å². The first kappa shape index (κ1) is 15.4. The molecule has 2 rings (SSSR count). The van der Waals surface area contributed by atoms with Crippen LogP contribution in [0.15, 0.2) is 40.9 Å². The molecular formula is C16H15BrN2O2. The monoisotopic (exact) mass is 346 g/mol. The number of rotatable bonds is 5. The van der Waals surface area contributed by atoms with Crippen molar-refractivity contribution in [3.8, 4) is 17.6 Å². The van der Waals surface area contributed by atoms with Crippen molar-refractivity contribution in [2.75, 3.05) is 7.11 Å². The molecule has 0 aliphatic heterocycles. The van der Waals surface area contributed by atoms with Crippen LogP contribution in [0.3, 0.4) is 0 Å². The van der Waals surface area contributed by atoms with E-state index in [-0.39, 0.29) is 0 Å². The molecule has 0 saturated heterocycles. The van der Waals surface area contributed by atoms with Crippen LogP contribution in [0.2, 0.25) is 0 Å². The van der Waals surface area contributed by atoms with E-state index in [2.05, 4.69) is 22.0 Å². The Bertz CT molecular complexity index is 680. The minimum Gasteiger partial charge on any atom is -0.495 e. The molecule has 2 aromatic rings. The molecule has 0 atom stereocenters. The lowest BCUT2D eigenvalue weighted by atomic mass is 10.1. The summed E-state index contributed by atoms with van der Waals surface area (Å²) in [7, 11) is 1.54. The van der Waals surface area contributed by atoms with E-state index < -0.39 is 0 Å². The SMILES string of the molecule is COc1cc(COc2ccc(Br)cc2CN)ccc1C#N. The first-order chi connectivity index (χ1) is 10.2. The summed E-state index contributed by atoms with van der Waals surface area (Å²) in [4.78, 5) is 0. The van der Waals surface area contributed by atoms with E-state index in [4.69, 9.17) is 20.5 Å². The van der Waals surface area contributed by atoms with Crippen LogP contribution in [0.1, 0.15) is 16.7 Å². The zero-order chi connectivity index (χ0) is 15.2. The molecule has 108 valence electrons. The van der Waals surface area contributed by atoms with Gasteiger partial charge in [0.25, 0.3) is 0 Å². The highest BCUT2D eigenvalue weighted by molar-refractivity contribution is 9.10. The maximum Gasteiger partial charge on any atom is 0.137 e. The van der Waals surface area contributed by atoms with Crippen molar-refractivity contribution in [3.63, 3.8) is 0 Å². The van der Waals surface area contributed by atoms with Crippen molar-refractivity contribution in [1.82, 2.24) is 0 Å². The maximum atomic E-state index is 8.96. The Labute approximate surface area is 132 Å². The average molecular weight is 347 g/mol. The van der Waals surface area contributed by atoms with E-state index >= 15 is 0 Å². The van der Waals surface area contributed by atoms with Crippen molar-refractivity contribution in [1.29, 1.82) is 5.26 Å². The van der Waals surface area contributed by atoms with Gasteiger partial charge in [0, 0.05) is 16.6 Å². The minimum atomic E-state index is 0.386. The van der Waals surface area contributed by atoms with Gasteiger partial charge < -0.3 is 15.2 Å². The third-order valence-corrected chi connectivity index (χ3v) is 3.52. The fourth-order valence-electron chi connectivity index (χ4n) is 1.93. The van der Waals surface area contributed by atoms with E-state index in [9.17, 15) is 0 Å². The molecule has 2 N–H and O–H groups in total. The quantitative estimate of drug-likeness (QED) is 0.901. The molecule has 0 saturated carbocycles. The molecule has 0 spiro atoms. The van der Waals surface area contributed by atoms with E-state index in [0.717, 1.165) is 21.3 Å². The van der Waals surface area contributed by atoms with Crippen LogP contribution in [0.4, 0.5) is 0 Å². The van der Waals surface area contributed by atoms with Crippen LogP contribution in [-0.4, -0.2) is 7.11 Å². The number of methoxy groups -OCH3 is 1. The molecular weight excluding hydrogens is 332 g/mol. The average Bonchev–Trinajstić information content (AvgIpc) is 2.53. The number of halogens is 1. The molecule has 0 fully saturated rings. The number of nitrogens with two attached hydrogens (primary N) is 1. The van der Waals surface area contributed by atoms with Gasteiger partial charge in [0.1, 0.15) is 24.2 Å². The van der Waals surface area contributed by atoms with E-state index in [1.54, 1.807) is 19.2 Å². The third-order valence-electron chi connectivity index (χ3n) is 3.02. The van der Waals surface area contributed by atoms with Gasteiger partial charge in [-0.3, -0.25) is 0 Å². The predicted octanol–water partition coefficient (Wildman–Crippen LogP) is 3.37. The second-order valence-electron chi connectivity index (χ2n) is 4.39. The molecule has 0 aliphatic carbocycles. The Morgan fingerprint density at radius 1 is 1.19 bits per heavy atom. The lowest BCUT2D eigenvalue weighted by molar-refractivity contribution is 0.302. The van der Waals surface area contributed by atoms with Gasteiger partial charge in [-0.15, -0.1) is 0 Å². The first-order valence-corrected chi connectivity index (χ1v) is 7.15. The second-order valence-corrected chi connectivity index (χ2v) is 5.31. The Hall–Kier alpha value is -2.03. The van der Waals surface area contributed by atoms with Gasteiger partial charge in [0.05, 0.1) is 12.7 Å². The molecule has 0 heterocycles. The molecule has 0 aliphatic rings. The summed E-state index contributed by atoms with van der Waals surface area (Å²) in [5.41, 5.74) is 8.08. The predicted molar refractivity (Wildman–Crippen MR) is 84.1 cm³/mol. The van der Waals surface area contributed by atoms with Crippen molar-refractivity contribution in [3.05, 3.63) is 57.6 Å². The zero-order valence-corrected chi connectivity index (χ0v) is 13.2. The number of hydrogen-bond acceptors (Lipinski definition) is 4. The van der Waals surface area contributed by atoms with Crippen molar-refractivity contribution < 1.29 is 9.47 Å². The standard InChI is InChI=1S/C16H15BrN2O2/c1-20-16-6-11(2-3-12(16)8-18)10-21-15-5-4-14(17)7-13(15)9-19/h2-7H,9-10,19H2,1H3. The van der Waals surface area contributed by atoms with Crippen molar-refractivity contribution in [2.45, 2.75) is 13.2 Å². The molecule has 0 radical (unpaired) electrons. The molecule has 0 amide bonds. The van der Waals surface area contributed by atoms with E-state index in [1.165, 1.54) is 0 Å². The number of benzene rings is 2. The molecule has 0 bridgehead atoms. The molecule has 21 heavy (non-hydrogen) atoms. The van der Waals surface area contributed by atoms with Gasteiger partial charge in [0.2, 0.25) is 0 Å². The van der Waals surface area contributed by atoms with Gasteiger partial charge in [-0.2, -0.15) is 5.26 Å². The molecule has 4 nitrogen and oxygen atoms in total. The van der Waals surface area contributed by atoms with Crippen LogP contribution in [0, 0.1) is 11.3 Å². The normalized spacial score (nSPS) is 10.0. The Balaban J connectivity index is 2.15. The summed E-state index contributed by atoms with van der Waals surface area (Å²) in [6.07, 6.45) is 0. The molecule has 2 aromatic carbocycles. The van der Waals surface area contributed by atoms with Crippen LogP contribution in [0.5, 0.6) is 11.5 Å². The van der Waals surface area contributed by atoms with Gasteiger partial charge in [0.15, 0.2) is 0 Å². The molecule has 5 heteroatoms. The Kier molecular flexibility index (Phi) is 5.20. The first-order valence-electron chi connectivity index (χ1n) is 6.36. The number of ether oxygens (including phenoxy) is 2. The van der Waals surface area contributed by atoms with Gasteiger partial charge in [-0.05, 0) is 35.9 Å². The Morgan fingerprint density at radius 3 is 2.67 bits per heavy atom. The smallest absolute Gasteiger partial charge is 0.137 e. The third kappa shape index (κ3) is 3.75. The number of hydrogen-bond donors (Lipinski definition) is 1. The van der Waals surface area contributed by atoms with Gasteiger partial charge in [-0.25, -0.2) is 0 Å². The van der Waals surface area contributed by atoms with E-state index in [1.807, 2.05) is 24.3 Å². The second kappa shape index (κ2) is 7.11. The number of nitriles is 1. The topological polar surface area (TPSA) is 68.3 Å². The summed E-state index contributed by atoms with van der Waals surface area (Å²) in [5, 5.41) is 8.96. The van der Waals surface area contributed by atoms with Crippen LogP contribution < -0.4 is 15.2 Å². The van der Waals surface area contributed by atoms with Gasteiger partial charge in [-0.1, -0.05) is 22.0 Å². The summed E-state index contributed by atoms with van der Waals surface area (Å²) in [5.74, 6) is 1.30. The zero-order valence-electron chi connectivity index (χ0n) is 11.6. The number of nitrogens with zero attached hydrogens (tertiary/aromatic N) is 1. The minimum absolute atomic E-state index is 0.386. The fraction of sp³-hybridized carbons (Fsp3) is 0.188. The molecule has 0 aromatic heterocycles. The summed E-state index contributed by atoms with van der Waals surface area (Å²) >= 11 is 3.41. The lowest BCUT2D eigenvalue weighted by Gasteiger charge is -2.12. The largest absolute Gasteiger partial charge is 0.495 e. The lowest BCUT2D eigenvalue weighted by Crippen LogP contribution is -2.03. The van der Waals surface area contributed by atoms with E-state index in [0.29, 0.717) is 24.5 Å². The Morgan fingerprint density at radius 2 is 2.00 bits per heavy atom. The summed E-state index contributed by atoms with van der Waals surface area (Å²) < 4.78 is 12.0. The van der Waals surface area contributed by atoms with Crippen molar-refractivity contribution >= 4 is 15.9 Å². The van der Waals surface area contributed by atoms with Crippen LogP contribution >= 0.6 is 15.9 Å². The summed E-state index contributed by atoms with van der Waals surface area (Å²) in [6, 6.07) is 13.2. The van der Waals surface area contributed by atoms with Crippen molar-refractivity contribution in [2.24, 2.45) is 5.73 Å².